The van der Waals surface area contributed by atoms with Gasteiger partial charge in [0.2, 0.25) is 0 Å². The molecule has 3 aromatic carbocycles. The molecule has 5 rings (SSSR count). The second kappa shape index (κ2) is 14.9. The lowest BCUT2D eigenvalue weighted by Gasteiger charge is -2.43. The molecule has 1 aliphatic heterocycles. The van der Waals surface area contributed by atoms with Gasteiger partial charge >= 0.3 is 0 Å². The van der Waals surface area contributed by atoms with E-state index in [1.165, 1.54) is 16.4 Å². The summed E-state index contributed by atoms with van der Waals surface area (Å²) in [7, 11) is -2.74. The van der Waals surface area contributed by atoms with Crippen LogP contribution in [-0.4, -0.2) is 74.5 Å². The Balaban J connectivity index is 1.33. The van der Waals surface area contributed by atoms with Gasteiger partial charge in [-0.2, -0.15) is 0 Å². The maximum Gasteiger partial charge on any atom is 0.261 e. The third-order valence-corrected chi connectivity index (χ3v) is 13.6. The van der Waals surface area contributed by atoms with E-state index in [1.807, 2.05) is 23.1 Å². The fourth-order valence-electron chi connectivity index (χ4n) is 6.29. The molecule has 1 atom stereocenters. The molecule has 1 N–H and O–H groups in total. The maximum atomic E-state index is 14.0. The van der Waals surface area contributed by atoms with Crippen LogP contribution in [0.2, 0.25) is 5.04 Å². The van der Waals surface area contributed by atoms with Gasteiger partial charge < -0.3 is 23.9 Å². The van der Waals surface area contributed by atoms with Crippen molar-refractivity contribution in [2.75, 3.05) is 33.0 Å². The fourth-order valence-corrected chi connectivity index (χ4v) is 10.9. The van der Waals surface area contributed by atoms with Crippen molar-refractivity contribution in [3.63, 3.8) is 0 Å². The van der Waals surface area contributed by atoms with E-state index in [1.54, 1.807) is 24.4 Å². The van der Waals surface area contributed by atoms with E-state index in [9.17, 15) is 14.7 Å². The number of carbonyl (C=O) groups is 2. The van der Waals surface area contributed by atoms with Gasteiger partial charge in [0.15, 0.2) is 6.29 Å². The van der Waals surface area contributed by atoms with E-state index in [-0.39, 0.29) is 34.9 Å². The minimum absolute atomic E-state index is 0.104. The molecule has 0 bridgehead atoms. The zero-order chi connectivity index (χ0) is 32.6. The lowest BCUT2D eigenvalue weighted by atomic mass is 10.1. The molecule has 1 fully saturated rings. The van der Waals surface area contributed by atoms with Gasteiger partial charge in [-0.15, -0.1) is 0 Å². The SMILES string of the molecule is CC(C)(C)[Si](OCCc1ncccc1C(=O)N1CCOC[C@H]1CCOc1cccc(O)c1C=O)(c1ccccc1)c1ccccc1. The van der Waals surface area contributed by atoms with Crippen LogP contribution in [0.5, 0.6) is 11.5 Å². The second-order valence-electron chi connectivity index (χ2n) is 12.4. The molecule has 1 aliphatic rings. The minimum Gasteiger partial charge on any atom is -0.507 e. The number of morpholine rings is 1. The number of hydrogen-bond acceptors (Lipinski definition) is 7. The summed E-state index contributed by atoms with van der Waals surface area (Å²) in [6.07, 6.45) is 3.27. The maximum absolute atomic E-state index is 14.0. The van der Waals surface area contributed by atoms with Crippen LogP contribution in [0.15, 0.2) is 97.2 Å². The number of pyridine rings is 1. The highest BCUT2D eigenvalue weighted by Crippen LogP contribution is 2.37. The molecule has 0 aliphatic carbocycles. The first kappa shape index (κ1) is 33.1. The van der Waals surface area contributed by atoms with Crippen molar-refractivity contribution in [3.8, 4) is 11.5 Å². The first-order valence-electron chi connectivity index (χ1n) is 15.7. The van der Waals surface area contributed by atoms with Gasteiger partial charge in [0.1, 0.15) is 11.5 Å². The molecule has 9 heteroatoms. The molecule has 0 saturated carbocycles. The van der Waals surface area contributed by atoms with Crippen LogP contribution in [0.4, 0.5) is 0 Å². The van der Waals surface area contributed by atoms with Gasteiger partial charge in [-0.25, -0.2) is 0 Å². The molecule has 46 heavy (non-hydrogen) atoms. The summed E-state index contributed by atoms with van der Waals surface area (Å²) in [6, 6.07) is 29.1. The highest BCUT2D eigenvalue weighted by Gasteiger charge is 2.50. The molecule has 2 heterocycles. The van der Waals surface area contributed by atoms with Crippen LogP contribution in [0, 0.1) is 0 Å². The summed E-state index contributed by atoms with van der Waals surface area (Å²) in [5, 5.41) is 12.2. The van der Waals surface area contributed by atoms with Crippen LogP contribution < -0.4 is 15.1 Å². The van der Waals surface area contributed by atoms with Gasteiger partial charge in [-0.1, -0.05) is 87.5 Å². The molecule has 8 nitrogen and oxygen atoms in total. The molecule has 1 saturated heterocycles. The number of phenols is 1. The van der Waals surface area contributed by atoms with Gasteiger partial charge in [0, 0.05) is 32.2 Å². The zero-order valence-corrected chi connectivity index (χ0v) is 27.7. The Morgan fingerprint density at radius 3 is 2.33 bits per heavy atom. The molecule has 4 aromatic rings. The lowest BCUT2D eigenvalue weighted by Crippen LogP contribution is -2.66. The third-order valence-electron chi connectivity index (χ3n) is 8.55. The zero-order valence-electron chi connectivity index (χ0n) is 26.7. The predicted molar refractivity (Wildman–Crippen MR) is 181 cm³/mol. The number of aromatic nitrogens is 1. The van der Waals surface area contributed by atoms with Crippen molar-refractivity contribution in [2.24, 2.45) is 0 Å². The Kier molecular flexibility index (Phi) is 10.7. The highest BCUT2D eigenvalue weighted by atomic mass is 28.4. The van der Waals surface area contributed by atoms with Gasteiger partial charge in [-0.3, -0.25) is 14.6 Å². The highest BCUT2D eigenvalue weighted by molar-refractivity contribution is 6.99. The number of carbonyl (C=O) groups excluding carboxylic acids is 2. The normalized spacial score (nSPS) is 15.4. The number of aldehydes is 1. The fraction of sp³-hybridized carbons (Fsp3) is 0.324. The van der Waals surface area contributed by atoms with Crippen LogP contribution in [0.1, 0.15) is 53.6 Å². The predicted octanol–water partition coefficient (Wildman–Crippen LogP) is 5.03. The van der Waals surface area contributed by atoms with Crippen molar-refractivity contribution < 1.29 is 28.6 Å². The van der Waals surface area contributed by atoms with E-state index < -0.39 is 8.32 Å². The quantitative estimate of drug-likeness (QED) is 0.172. The van der Waals surface area contributed by atoms with Gasteiger partial charge in [0.05, 0.1) is 42.7 Å². The van der Waals surface area contributed by atoms with Gasteiger partial charge in [0.25, 0.3) is 14.2 Å². The summed E-state index contributed by atoms with van der Waals surface area (Å²) >= 11 is 0. The Bertz CT molecular complexity index is 1570. The van der Waals surface area contributed by atoms with Gasteiger partial charge in [-0.05, 0) is 39.7 Å². The first-order chi connectivity index (χ1) is 22.3. The van der Waals surface area contributed by atoms with Crippen LogP contribution >= 0.6 is 0 Å². The largest absolute Gasteiger partial charge is 0.507 e. The Morgan fingerprint density at radius 1 is 0.978 bits per heavy atom. The van der Waals surface area contributed by atoms with Crippen molar-refractivity contribution in [1.82, 2.24) is 9.88 Å². The van der Waals surface area contributed by atoms with Crippen molar-refractivity contribution >= 4 is 30.9 Å². The van der Waals surface area contributed by atoms with E-state index in [2.05, 4.69) is 74.3 Å². The molecule has 1 aromatic heterocycles. The summed E-state index contributed by atoms with van der Waals surface area (Å²) in [5.74, 6) is 0.0705. The Labute approximate surface area is 272 Å². The molecular weight excluding hydrogens is 597 g/mol. The summed E-state index contributed by atoms with van der Waals surface area (Å²) in [5.41, 5.74) is 1.36. The van der Waals surface area contributed by atoms with Crippen LogP contribution in [-0.2, 0) is 15.6 Å². The Morgan fingerprint density at radius 2 is 1.67 bits per heavy atom. The third kappa shape index (κ3) is 7.07. The smallest absolute Gasteiger partial charge is 0.261 e. The number of hydrogen-bond donors (Lipinski definition) is 1. The topological polar surface area (TPSA) is 98.2 Å². The van der Waals surface area contributed by atoms with Crippen molar-refractivity contribution in [3.05, 3.63) is 114 Å². The molecule has 0 radical (unpaired) electrons. The average molecular weight is 639 g/mol. The summed E-state index contributed by atoms with van der Waals surface area (Å²) in [4.78, 5) is 32.0. The average Bonchev–Trinajstić information content (AvgIpc) is 3.07. The van der Waals surface area contributed by atoms with E-state index in [0.717, 1.165) is 0 Å². The van der Waals surface area contributed by atoms with Crippen LogP contribution in [0.3, 0.4) is 0 Å². The monoisotopic (exact) mass is 638 g/mol. The number of amides is 1. The first-order valence-corrected chi connectivity index (χ1v) is 17.6. The number of aromatic hydroxyl groups is 1. The standard InChI is InChI=1S/C37H42N2O6Si/c1-37(2,3)46(29-12-6-4-7-13-29,30-14-8-5-9-15-30)45-24-20-33-31(16-11-21-38-33)36(42)39-22-25-43-27-28(39)19-23-44-35-18-10-17-34(41)32(35)26-40/h4-18,21,26,28,41H,19-20,22-25,27H2,1-3H3/t28-/m1/s1. The Hall–Kier alpha value is -4.31. The number of ether oxygens (including phenoxy) is 2. The number of phenolic OH excluding ortho intramolecular Hbond substituents is 1. The molecule has 240 valence electrons. The van der Waals surface area contributed by atoms with E-state index in [4.69, 9.17) is 13.9 Å². The van der Waals surface area contributed by atoms with Crippen molar-refractivity contribution in [2.45, 2.75) is 44.7 Å². The number of nitrogens with zero attached hydrogens (tertiary/aromatic N) is 2. The summed E-state index contributed by atoms with van der Waals surface area (Å²) in [6.45, 7) is 8.66. The lowest BCUT2D eigenvalue weighted by molar-refractivity contribution is -0.00752. The second-order valence-corrected chi connectivity index (χ2v) is 16.7. The molecular formula is C37H42N2O6Si. The summed E-state index contributed by atoms with van der Waals surface area (Å²) < 4.78 is 18.7. The van der Waals surface area contributed by atoms with E-state index in [0.29, 0.717) is 62.5 Å². The minimum atomic E-state index is -2.74. The molecule has 0 unspecified atom stereocenters. The number of rotatable bonds is 12. The van der Waals surface area contributed by atoms with Crippen molar-refractivity contribution in [1.29, 1.82) is 0 Å². The number of benzene rings is 3. The van der Waals surface area contributed by atoms with E-state index >= 15 is 0 Å². The van der Waals surface area contributed by atoms with Crippen LogP contribution in [0.25, 0.3) is 0 Å². The molecule has 1 amide bonds. The molecule has 0 spiro atoms.